The highest BCUT2D eigenvalue weighted by Crippen LogP contribution is 2.43. The number of carbonyl (C=O) groups is 1. The summed E-state index contributed by atoms with van der Waals surface area (Å²) in [7, 11) is 2.87. The van der Waals surface area contributed by atoms with E-state index in [9.17, 15) is 20.1 Å². The Balaban J connectivity index is 2.09. The number of aliphatic hydroxyl groups is 1. The molecule has 2 aromatic rings. The third kappa shape index (κ3) is 2.48. The van der Waals surface area contributed by atoms with Gasteiger partial charge in [-0.05, 0) is 17.7 Å². The summed E-state index contributed by atoms with van der Waals surface area (Å²) >= 11 is 0. The molecule has 3 N–H and O–H groups in total. The summed E-state index contributed by atoms with van der Waals surface area (Å²) < 4.78 is 16.1. The van der Waals surface area contributed by atoms with Crippen molar-refractivity contribution in [2.75, 3.05) is 14.2 Å². The number of Topliss-reactive ketones (excluding diaryl/α,β-unsaturated/α-hetero) is 1. The van der Waals surface area contributed by atoms with Crippen molar-refractivity contribution in [1.82, 2.24) is 0 Å². The number of ether oxygens (including phenoxy) is 3. The number of fused-ring (bicyclic) bond motifs is 1. The molecule has 0 fully saturated rings. The van der Waals surface area contributed by atoms with Crippen LogP contribution < -0.4 is 14.2 Å². The Bertz CT molecular complexity index is 800. The van der Waals surface area contributed by atoms with E-state index in [1.165, 1.54) is 44.6 Å². The van der Waals surface area contributed by atoms with E-state index >= 15 is 0 Å². The molecule has 1 aliphatic rings. The van der Waals surface area contributed by atoms with Crippen LogP contribution in [0, 0.1) is 0 Å². The normalized spacial score (nSPS) is 19.4. The molecular weight excluding hydrogens is 316 g/mol. The van der Waals surface area contributed by atoms with Crippen LogP contribution in [0.4, 0.5) is 0 Å². The predicted octanol–water partition coefficient (Wildman–Crippen LogP) is 1.79. The Morgan fingerprint density at radius 3 is 2.42 bits per heavy atom. The molecule has 0 amide bonds. The molecule has 0 saturated carbocycles. The van der Waals surface area contributed by atoms with Gasteiger partial charge in [0.2, 0.25) is 5.78 Å². The van der Waals surface area contributed by atoms with Gasteiger partial charge in [0.1, 0.15) is 22.8 Å². The maximum atomic E-state index is 12.6. The first-order valence-corrected chi connectivity index (χ1v) is 7.13. The molecular formula is C17H16O7. The fourth-order valence-corrected chi connectivity index (χ4v) is 2.63. The number of hydrogen-bond donors (Lipinski definition) is 3. The fraction of sp³-hybridized carbons (Fsp3) is 0.235. The largest absolute Gasteiger partial charge is 0.504 e. The predicted molar refractivity (Wildman–Crippen MR) is 83.0 cm³/mol. The highest BCUT2D eigenvalue weighted by Gasteiger charge is 2.39. The van der Waals surface area contributed by atoms with Gasteiger partial charge in [0.05, 0.1) is 14.2 Å². The Morgan fingerprint density at radius 2 is 1.79 bits per heavy atom. The maximum absolute atomic E-state index is 12.6. The summed E-state index contributed by atoms with van der Waals surface area (Å²) in [6.07, 6.45) is -2.52. The van der Waals surface area contributed by atoms with Crippen molar-refractivity contribution in [2.45, 2.75) is 12.2 Å². The van der Waals surface area contributed by atoms with Crippen LogP contribution in [-0.2, 0) is 0 Å². The molecule has 2 atom stereocenters. The SMILES string of the molecule is COc1cc(OC)c2c(c1)O[C@H](c1ccc(O)c(O)c1)[C@@H](O)C2=O. The van der Waals surface area contributed by atoms with E-state index in [1.807, 2.05) is 0 Å². The average molecular weight is 332 g/mol. The second kappa shape index (κ2) is 5.93. The van der Waals surface area contributed by atoms with E-state index in [0.717, 1.165) is 0 Å². The molecule has 0 unspecified atom stereocenters. The van der Waals surface area contributed by atoms with Crippen molar-refractivity contribution >= 4 is 5.78 Å². The first-order valence-electron chi connectivity index (χ1n) is 7.13. The van der Waals surface area contributed by atoms with Gasteiger partial charge in [-0.15, -0.1) is 0 Å². The smallest absolute Gasteiger partial charge is 0.202 e. The lowest BCUT2D eigenvalue weighted by atomic mass is 9.92. The summed E-state index contributed by atoms with van der Waals surface area (Å²) in [5.41, 5.74) is 0.476. The monoisotopic (exact) mass is 332 g/mol. The molecule has 0 spiro atoms. The molecule has 1 heterocycles. The third-order valence-electron chi connectivity index (χ3n) is 3.88. The van der Waals surface area contributed by atoms with E-state index in [-0.39, 0.29) is 28.6 Å². The van der Waals surface area contributed by atoms with Gasteiger partial charge in [0.15, 0.2) is 23.7 Å². The Morgan fingerprint density at radius 1 is 1.04 bits per heavy atom. The van der Waals surface area contributed by atoms with Gasteiger partial charge in [0, 0.05) is 12.1 Å². The van der Waals surface area contributed by atoms with Gasteiger partial charge in [-0.25, -0.2) is 0 Å². The molecule has 2 aromatic carbocycles. The second-order valence-corrected chi connectivity index (χ2v) is 5.30. The summed E-state index contributed by atoms with van der Waals surface area (Å²) in [6.45, 7) is 0. The van der Waals surface area contributed by atoms with Crippen LogP contribution in [-0.4, -0.2) is 41.4 Å². The minimum Gasteiger partial charge on any atom is -0.504 e. The number of benzene rings is 2. The van der Waals surface area contributed by atoms with Crippen molar-refractivity contribution < 1.29 is 34.3 Å². The molecule has 7 heteroatoms. The molecule has 0 saturated heterocycles. The number of methoxy groups -OCH3 is 2. The number of rotatable bonds is 3. The Hall–Kier alpha value is -2.93. The van der Waals surface area contributed by atoms with E-state index in [4.69, 9.17) is 14.2 Å². The molecule has 0 aromatic heterocycles. The number of carbonyl (C=O) groups excluding carboxylic acids is 1. The van der Waals surface area contributed by atoms with Gasteiger partial charge in [0.25, 0.3) is 0 Å². The van der Waals surface area contributed by atoms with Crippen LogP contribution in [0.25, 0.3) is 0 Å². The molecule has 0 aliphatic carbocycles. The summed E-state index contributed by atoms with van der Waals surface area (Å²) in [4.78, 5) is 12.6. The van der Waals surface area contributed by atoms with Gasteiger partial charge in [-0.3, -0.25) is 4.79 Å². The Labute approximate surface area is 137 Å². The quantitative estimate of drug-likeness (QED) is 0.736. The number of aliphatic hydroxyl groups excluding tert-OH is 1. The van der Waals surface area contributed by atoms with Crippen LogP contribution in [0.15, 0.2) is 30.3 Å². The van der Waals surface area contributed by atoms with Gasteiger partial charge in [-0.1, -0.05) is 6.07 Å². The molecule has 1 aliphatic heterocycles. The summed E-state index contributed by atoms with van der Waals surface area (Å²) in [5.74, 6) is -0.362. The zero-order chi connectivity index (χ0) is 17.4. The minimum atomic E-state index is -1.48. The van der Waals surface area contributed by atoms with Crippen molar-refractivity contribution in [3.8, 4) is 28.7 Å². The second-order valence-electron chi connectivity index (χ2n) is 5.30. The van der Waals surface area contributed by atoms with Gasteiger partial charge in [-0.2, -0.15) is 0 Å². The van der Waals surface area contributed by atoms with E-state index < -0.39 is 18.0 Å². The number of phenols is 2. The molecule has 126 valence electrons. The van der Waals surface area contributed by atoms with Crippen LogP contribution in [0.2, 0.25) is 0 Å². The Kier molecular flexibility index (Phi) is 3.94. The van der Waals surface area contributed by atoms with Gasteiger partial charge < -0.3 is 29.5 Å². The molecule has 3 rings (SSSR count). The highest BCUT2D eigenvalue weighted by molar-refractivity contribution is 6.05. The first-order chi connectivity index (χ1) is 11.5. The number of ketones is 1. The molecule has 0 radical (unpaired) electrons. The number of phenolic OH excluding ortho intramolecular Hbond substituents is 2. The lowest BCUT2D eigenvalue weighted by molar-refractivity contribution is 0.0209. The summed E-state index contributed by atoms with van der Waals surface area (Å²) in [5, 5.41) is 29.4. The lowest BCUT2D eigenvalue weighted by Gasteiger charge is -2.31. The fourth-order valence-electron chi connectivity index (χ4n) is 2.63. The van der Waals surface area contributed by atoms with E-state index in [0.29, 0.717) is 11.3 Å². The lowest BCUT2D eigenvalue weighted by Crippen LogP contribution is -2.36. The molecule has 24 heavy (non-hydrogen) atoms. The van der Waals surface area contributed by atoms with Crippen molar-refractivity contribution in [2.24, 2.45) is 0 Å². The first kappa shape index (κ1) is 15.9. The number of hydrogen-bond acceptors (Lipinski definition) is 7. The molecule has 7 nitrogen and oxygen atoms in total. The zero-order valence-electron chi connectivity index (χ0n) is 13.0. The molecule has 0 bridgehead atoms. The van der Waals surface area contributed by atoms with Crippen LogP contribution >= 0.6 is 0 Å². The summed E-state index contributed by atoms with van der Waals surface area (Å²) in [6, 6.07) is 7.00. The van der Waals surface area contributed by atoms with E-state index in [1.54, 1.807) is 0 Å². The van der Waals surface area contributed by atoms with Crippen LogP contribution in [0.5, 0.6) is 28.7 Å². The van der Waals surface area contributed by atoms with Crippen LogP contribution in [0.1, 0.15) is 22.0 Å². The minimum absolute atomic E-state index is 0.130. The highest BCUT2D eigenvalue weighted by atomic mass is 16.5. The van der Waals surface area contributed by atoms with Crippen molar-refractivity contribution in [3.05, 3.63) is 41.5 Å². The van der Waals surface area contributed by atoms with Crippen molar-refractivity contribution in [3.63, 3.8) is 0 Å². The number of aromatic hydroxyl groups is 2. The van der Waals surface area contributed by atoms with Gasteiger partial charge >= 0.3 is 0 Å². The standard InChI is InChI=1S/C17H16O7/c1-22-9-6-12(23-2)14-13(7-9)24-17(16(21)15(14)20)8-3-4-10(18)11(19)5-8/h3-7,16-19,21H,1-2H3/t16-,17+/m0/s1. The topological polar surface area (TPSA) is 105 Å². The zero-order valence-corrected chi connectivity index (χ0v) is 13.0. The van der Waals surface area contributed by atoms with E-state index in [2.05, 4.69) is 0 Å². The maximum Gasteiger partial charge on any atom is 0.202 e. The van der Waals surface area contributed by atoms with Crippen LogP contribution in [0.3, 0.4) is 0 Å². The van der Waals surface area contributed by atoms with Crippen molar-refractivity contribution in [1.29, 1.82) is 0 Å². The average Bonchev–Trinajstić information content (AvgIpc) is 2.59. The third-order valence-corrected chi connectivity index (χ3v) is 3.88.